The van der Waals surface area contributed by atoms with Crippen molar-refractivity contribution in [2.24, 2.45) is 0 Å². The highest BCUT2D eigenvalue weighted by atomic mass is 32.1. The summed E-state index contributed by atoms with van der Waals surface area (Å²) in [6.45, 7) is 0. The summed E-state index contributed by atoms with van der Waals surface area (Å²) in [6, 6.07) is 0. The van der Waals surface area contributed by atoms with Gasteiger partial charge in [-0.1, -0.05) is 11.3 Å². The molecular formula is C8H6N4O3S. The van der Waals surface area contributed by atoms with Gasteiger partial charge in [0.25, 0.3) is 0 Å². The zero-order valence-corrected chi connectivity index (χ0v) is 8.64. The minimum absolute atomic E-state index is 0.386. The Labute approximate surface area is 92.7 Å². The number of aromatic amines is 1. The van der Waals surface area contributed by atoms with Crippen LogP contribution in [0.2, 0.25) is 0 Å². The molecule has 0 aliphatic rings. The molecule has 8 heteroatoms. The van der Waals surface area contributed by atoms with Gasteiger partial charge in [0.05, 0.1) is 0 Å². The largest absolute Gasteiger partial charge is 0.478 e. The smallest absolute Gasteiger partial charge is 0.349 e. The third-order valence-electron chi connectivity index (χ3n) is 1.66. The van der Waals surface area contributed by atoms with E-state index >= 15 is 0 Å². The Morgan fingerprint density at radius 1 is 1.62 bits per heavy atom. The second kappa shape index (κ2) is 4.11. The van der Waals surface area contributed by atoms with Crippen LogP contribution in [0.1, 0.15) is 4.88 Å². The van der Waals surface area contributed by atoms with E-state index in [1.165, 1.54) is 34.5 Å². The number of aliphatic carboxylic acids is 1. The predicted molar refractivity (Wildman–Crippen MR) is 56.5 cm³/mol. The van der Waals surface area contributed by atoms with E-state index < -0.39 is 5.97 Å². The highest BCUT2D eigenvalue weighted by molar-refractivity contribution is 7.14. The van der Waals surface area contributed by atoms with Gasteiger partial charge in [0, 0.05) is 17.2 Å². The Balaban J connectivity index is 2.30. The maximum Gasteiger partial charge on any atom is 0.349 e. The maximum absolute atomic E-state index is 11.2. The van der Waals surface area contributed by atoms with Crippen molar-refractivity contribution < 1.29 is 9.90 Å². The number of aromatic nitrogens is 4. The zero-order valence-electron chi connectivity index (χ0n) is 7.82. The van der Waals surface area contributed by atoms with Crippen LogP contribution in [-0.4, -0.2) is 30.8 Å². The van der Waals surface area contributed by atoms with Crippen molar-refractivity contribution in [2.75, 3.05) is 0 Å². The van der Waals surface area contributed by atoms with Crippen LogP contribution >= 0.6 is 11.3 Å². The molecule has 0 fully saturated rings. The van der Waals surface area contributed by atoms with Crippen LogP contribution in [-0.2, 0) is 4.79 Å². The fraction of sp³-hybridized carbons (Fsp3) is 0. The topological polar surface area (TPSA) is 101 Å². The highest BCUT2D eigenvalue weighted by Gasteiger charge is 2.05. The first-order valence-corrected chi connectivity index (χ1v) is 4.97. The number of hydrogen-bond acceptors (Lipinski definition) is 5. The number of rotatable bonds is 3. The normalized spacial score (nSPS) is 11.0. The monoisotopic (exact) mass is 238 g/mol. The molecule has 0 radical (unpaired) electrons. The van der Waals surface area contributed by atoms with Crippen molar-refractivity contribution in [1.82, 2.24) is 19.7 Å². The van der Waals surface area contributed by atoms with Crippen molar-refractivity contribution in [3.63, 3.8) is 0 Å². The predicted octanol–water partition coefficient (Wildman–Crippen LogP) is 0.115. The lowest BCUT2D eigenvalue weighted by Gasteiger charge is -1.88. The van der Waals surface area contributed by atoms with E-state index in [0.29, 0.717) is 10.0 Å². The zero-order chi connectivity index (χ0) is 11.5. The molecule has 2 aromatic heterocycles. The quantitative estimate of drug-likeness (QED) is 0.739. The Morgan fingerprint density at radius 2 is 2.44 bits per heavy atom. The van der Waals surface area contributed by atoms with E-state index in [4.69, 9.17) is 5.11 Å². The van der Waals surface area contributed by atoms with Gasteiger partial charge in [-0.25, -0.2) is 24.2 Å². The first kappa shape index (κ1) is 10.3. The van der Waals surface area contributed by atoms with Crippen LogP contribution in [0.5, 0.6) is 0 Å². The summed E-state index contributed by atoms with van der Waals surface area (Å²) in [7, 11) is 0. The summed E-state index contributed by atoms with van der Waals surface area (Å²) in [5.74, 6) is -1.03. The summed E-state index contributed by atoms with van der Waals surface area (Å²) in [5.41, 5.74) is -0.386. The van der Waals surface area contributed by atoms with Crippen LogP contribution in [0.3, 0.4) is 0 Å². The molecule has 7 nitrogen and oxygen atoms in total. The van der Waals surface area contributed by atoms with Crippen molar-refractivity contribution in [3.05, 3.63) is 34.0 Å². The third-order valence-corrected chi connectivity index (χ3v) is 2.62. The molecule has 2 heterocycles. The standard InChI is InChI=1S/C8H6N4O3S/c13-6(14)2-1-5-3-9-8(16-5)12-4-10-11-7(12)15/h1-4H,(H,11,15)(H,13,14)/b2-1+. The van der Waals surface area contributed by atoms with Gasteiger partial charge < -0.3 is 5.11 Å². The van der Waals surface area contributed by atoms with E-state index in [-0.39, 0.29) is 5.69 Å². The molecule has 2 N–H and O–H groups in total. The van der Waals surface area contributed by atoms with E-state index in [1.54, 1.807) is 0 Å². The van der Waals surface area contributed by atoms with Crippen LogP contribution in [0.25, 0.3) is 11.2 Å². The fourth-order valence-corrected chi connectivity index (χ4v) is 1.79. The first-order chi connectivity index (χ1) is 7.66. The van der Waals surface area contributed by atoms with Crippen LogP contribution in [0, 0.1) is 0 Å². The molecule has 0 spiro atoms. The lowest BCUT2D eigenvalue weighted by atomic mass is 10.4. The van der Waals surface area contributed by atoms with E-state index in [1.807, 2.05) is 0 Å². The molecule has 0 unspecified atom stereocenters. The average Bonchev–Trinajstić information content (AvgIpc) is 2.83. The molecule has 82 valence electrons. The maximum atomic E-state index is 11.2. The number of carbonyl (C=O) groups is 1. The number of carboxylic acids is 1. The number of H-pyrrole nitrogens is 1. The van der Waals surface area contributed by atoms with Gasteiger partial charge in [-0.15, -0.1) is 0 Å². The first-order valence-electron chi connectivity index (χ1n) is 4.16. The van der Waals surface area contributed by atoms with Crippen molar-refractivity contribution in [3.8, 4) is 5.13 Å². The fourth-order valence-electron chi connectivity index (χ4n) is 1.00. The van der Waals surface area contributed by atoms with Crippen LogP contribution in [0.4, 0.5) is 0 Å². The highest BCUT2D eigenvalue weighted by Crippen LogP contribution is 2.16. The molecule has 0 saturated heterocycles. The summed E-state index contributed by atoms with van der Waals surface area (Å²) in [6.07, 6.45) is 5.22. The number of carboxylic acid groups (broad SMARTS) is 1. The molecule has 16 heavy (non-hydrogen) atoms. The summed E-state index contributed by atoms with van der Waals surface area (Å²) < 4.78 is 1.24. The van der Waals surface area contributed by atoms with Crippen molar-refractivity contribution in [2.45, 2.75) is 0 Å². The molecule has 0 aliphatic carbocycles. The minimum Gasteiger partial charge on any atom is -0.478 e. The van der Waals surface area contributed by atoms with Gasteiger partial charge in [-0.3, -0.25) is 0 Å². The Hall–Kier alpha value is -2.22. The molecule has 0 amide bonds. The molecule has 0 aliphatic heterocycles. The molecule has 0 bridgehead atoms. The second-order valence-corrected chi connectivity index (χ2v) is 3.79. The Bertz CT molecular complexity index is 594. The lowest BCUT2D eigenvalue weighted by Crippen LogP contribution is -2.13. The van der Waals surface area contributed by atoms with Crippen LogP contribution in [0.15, 0.2) is 23.4 Å². The molecule has 0 aromatic carbocycles. The number of hydrogen-bond donors (Lipinski definition) is 2. The Kier molecular flexibility index (Phi) is 2.64. The molecule has 2 aromatic rings. The van der Waals surface area contributed by atoms with Gasteiger partial charge in [-0.05, 0) is 6.08 Å². The van der Waals surface area contributed by atoms with E-state index in [2.05, 4.69) is 15.2 Å². The SMILES string of the molecule is O=C(O)/C=C/c1cnc(-n2cn[nH]c2=O)s1. The summed E-state index contributed by atoms with van der Waals surface area (Å²) >= 11 is 1.19. The van der Waals surface area contributed by atoms with Gasteiger partial charge in [0.1, 0.15) is 6.33 Å². The average molecular weight is 238 g/mol. The van der Waals surface area contributed by atoms with Gasteiger partial charge in [-0.2, -0.15) is 5.10 Å². The number of nitrogens with one attached hydrogen (secondary N) is 1. The number of nitrogens with zero attached hydrogens (tertiary/aromatic N) is 3. The van der Waals surface area contributed by atoms with Gasteiger partial charge in [0.2, 0.25) is 0 Å². The van der Waals surface area contributed by atoms with Crippen molar-refractivity contribution in [1.29, 1.82) is 0 Å². The van der Waals surface area contributed by atoms with Crippen LogP contribution < -0.4 is 5.69 Å². The van der Waals surface area contributed by atoms with Gasteiger partial charge >= 0.3 is 11.7 Å². The van der Waals surface area contributed by atoms with E-state index in [0.717, 1.165) is 6.08 Å². The minimum atomic E-state index is -1.03. The van der Waals surface area contributed by atoms with Gasteiger partial charge in [0.15, 0.2) is 5.13 Å². The van der Waals surface area contributed by atoms with E-state index in [9.17, 15) is 9.59 Å². The molecular weight excluding hydrogens is 232 g/mol. The summed E-state index contributed by atoms with van der Waals surface area (Å²) in [4.78, 5) is 26.1. The summed E-state index contributed by atoms with van der Waals surface area (Å²) in [5, 5.41) is 14.7. The Morgan fingerprint density at radius 3 is 3.06 bits per heavy atom. The molecule has 0 atom stereocenters. The second-order valence-electron chi connectivity index (χ2n) is 2.75. The third kappa shape index (κ3) is 2.06. The number of thiazole rings is 1. The lowest BCUT2D eigenvalue weighted by molar-refractivity contribution is -0.131. The molecule has 0 saturated carbocycles. The molecule has 2 rings (SSSR count). The van der Waals surface area contributed by atoms with Crippen molar-refractivity contribution >= 4 is 23.4 Å².